The van der Waals surface area contributed by atoms with Crippen LogP contribution in [-0.4, -0.2) is 11.1 Å². The zero-order valence-electron chi connectivity index (χ0n) is 11.9. The van der Waals surface area contributed by atoms with Crippen LogP contribution in [0.3, 0.4) is 0 Å². The van der Waals surface area contributed by atoms with E-state index in [1.807, 2.05) is 0 Å². The number of carboxylic acid groups (broad SMARTS) is 1. The van der Waals surface area contributed by atoms with Gasteiger partial charge in [0.1, 0.15) is 0 Å². The molecule has 0 fully saturated rings. The van der Waals surface area contributed by atoms with E-state index in [9.17, 15) is 9.90 Å². The molecule has 0 aliphatic heterocycles. The van der Waals surface area contributed by atoms with Crippen molar-refractivity contribution in [1.82, 2.24) is 0 Å². The second-order valence-corrected chi connectivity index (χ2v) is 6.25. The third-order valence-corrected chi connectivity index (χ3v) is 4.91. The number of carboxylic acids is 1. The van der Waals surface area contributed by atoms with E-state index in [0.717, 1.165) is 25.7 Å². The molecule has 1 N–H and O–H groups in total. The van der Waals surface area contributed by atoms with E-state index in [-0.39, 0.29) is 5.92 Å². The molecule has 0 heterocycles. The monoisotopic (exact) mass is 278 g/mol. The second kappa shape index (κ2) is 4.73. The number of rotatable bonds is 1. The third kappa shape index (κ3) is 2.15. The van der Waals surface area contributed by atoms with E-state index in [2.05, 4.69) is 36.4 Å². The Hall–Kier alpha value is -2.09. The van der Waals surface area contributed by atoms with Gasteiger partial charge in [0, 0.05) is 0 Å². The minimum atomic E-state index is -0.649. The van der Waals surface area contributed by atoms with Crippen LogP contribution < -0.4 is 10.4 Å². The first kappa shape index (κ1) is 12.6. The first-order valence-corrected chi connectivity index (χ1v) is 7.66. The number of hydrogen-bond donors (Lipinski definition) is 1. The Morgan fingerprint density at radius 3 is 3.00 bits per heavy atom. The number of allylic oxidation sites excluding steroid dienone is 3. The van der Waals surface area contributed by atoms with Crippen molar-refractivity contribution in [2.45, 2.75) is 32.1 Å². The Labute approximate surface area is 123 Å². The van der Waals surface area contributed by atoms with Gasteiger partial charge in [-0.05, 0) is 65.3 Å². The van der Waals surface area contributed by atoms with Crippen LogP contribution in [0.4, 0.5) is 0 Å². The van der Waals surface area contributed by atoms with Gasteiger partial charge in [0.05, 0.1) is 5.92 Å². The Bertz CT molecular complexity index is 809. The highest BCUT2D eigenvalue weighted by atomic mass is 16.4. The molecule has 1 unspecified atom stereocenters. The molecule has 2 heteroatoms. The number of fused-ring (bicyclic) bond motifs is 2. The number of aliphatic carboxylic acids is 1. The van der Waals surface area contributed by atoms with Gasteiger partial charge in [-0.25, -0.2) is 0 Å². The number of hydrogen-bond acceptors (Lipinski definition) is 1. The fourth-order valence-corrected chi connectivity index (χ4v) is 3.71. The Kier molecular flexibility index (Phi) is 2.85. The predicted molar refractivity (Wildman–Crippen MR) is 84.0 cm³/mol. The molecular weight excluding hydrogens is 260 g/mol. The maximum absolute atomic E-state index is 11.2. The molecule has 0 radical (unpaired) electrons. The maximum Gasteiger partial charge on any atom is 0.306 e. The second-order valence-electron chi connectivity index (χ2n) is 6.25. The molecule has 4 rings (SSSR count). The van der Waals surface area contributed by atoms with Crippen LogP contribution in [0.1, 0.15) is 36.8 Å². The van der Waals surface area contributed by atoms with Crippen molar-refractivity contribution in [3.8, 4) is 0 Å². The zero-order chi connectivity index (χ0) is 14.4. The molecule has 1 atom stereocenters. The number of benzene rings is 1. The Morgan fingerprint density at radius 1 is 1.24 bits per heavy atom. The van der Waals surface area contributed by atoms with Crippen LogP contribution in [0.15, 0.2) is 29.4 Å². The van der Waals surface area contributed by atoms with E-state index in [4.69, 9.17) is 0 Å². The molecule has 21 heavy (non-hydrogen) atoms. The van der Waals surface area contributed by atoms with Crippen molar-refractivity contribution in [3.05, 3.63) is 50.9 Å². The van der Waals surface area contributed by atoms with E-state index in [0.29, 0.717) is 6.42 Å². The van der Waals surface area contributed by atoms with Crippen molar-refractivity contribution < 1.29 is 9.90 Å². The Morgan fingerprint density at radius 2 is 2.14 bits per heavy atom. The van der Waals surface area contributed by atoms with Crippen LogP contribution in [0.5, 0.6) is 0 Å². The van der Waals surface area contributed by atoms with E-state index >= 15 is 0 Å². The molecule has 1 aromatic rings. The molecular formula is C19H18O2. The normalized spacial score (nSPS) is 22.6. The van der Waals surface area contributed by atoms with Gasteiger partial charge in [0.25, 0.3) is 0 Å². The molecule has 3 aliphatic carbocycles. The molecule has 0 aromatic heterocycles. The lowest BCUT2D eigenvalue weighted by Crippen LogP contribution is -2.26. The van der Waals surface area contributed by atoms with Gasteiger partial charge in [0.2, 0.25) is 0 Å². The van der Waals surface area contributed by atoms with E-state index in [1.54, 1.807) is 0 Å². The number of carbonyl (C=O) groups is 1. The summed E-state index contributed by atoms with van der Waals surface area (Å²) in [6.45, 7) is 0. The molecule has 0 spiro atoms. The quantitative estimate of drug-likeness (QED) is 0.856. The first-order chi connectivity index (χ1) is 10.2. The van der Waals surface area contributed by atoms with Crippen molar-refractivity contribution in [2.75, 3.05) is 0 Å². The summed E-state index contributed by atoms with van der Waals surface area (Å²) < 4.78 is 0. The highest BCUT2D eigenvalue weighted by Gasteiger charge is 2.26. The smallest absolute Gasteiger partial charge is 0.306 e. The lowest BCUT2D eigenvalue weighted by atomic mass is 9.78. The van der Waals surface area contributed by atoms with E-state index in [1.165, 1.54) is 32.7 Å². The fraction of sp³-hybridized carbons (Fsp3) is 0.316. The van der Waals surface area contributed by atoms with Gasteiger partial charge < -0.3 is 5.11 Å². The average Bonchev–Trinajstić information content (AvgIpc) is 2.50. The zero-order valence-corrected chi connectivity index (χ0v) is 11.9. The fourth-order valence-electron chi connectivity index (χ4n) is 3.71. The van der Waals surface area contributed by atoms with Crippen LogP contribution in [0.2, 0.25) is 0 Å². The molecule has 106 valence electrons. The molecule has 0 saturated carbocycles. The highest BCUT2D eigenvalue weighted by molar-refractivity contribution is 5.72. The van der Waals surface area contributed by atoms with Gasteiger partial charge in [-0.3, -0.25) is 4.79 Å². The summed E-state index contributed by atoms with van der Waals surface area (Å²) in [5, 5.41) is 11.8. The molecule has 1 aromatic carbocycles. The topological polar surface area (TPSA) is 37.3 Å². The van der Waals surface area contributed by atoms with Gasteiger partial charge in [-0.1, -0.05) is 35.9 Å². The summed E-state index contributed by atoms with van der Waals surface area (Å²) in [6, 6.07) is 4.57. The van der Waals surface area contributed by atoms with Gasteiger partial charge in [0.15, 0.2) is 0 Å². The minimum Gasteiger partial charge on any atom is -0.481 e. The summed E-state index contributed by atoms with van der Waals surface area (Å²) in [7, 11) is 0. The highest BCUT2D eigenvalue weighted by Crippen LogP contribution is 2.33. The van der Waals surface area contributed by atoms with Gasteiger partial charge in [-0.2, -0.15) is 0 Å². The minimum absolute atomic E-state index is 0.201. The predicted octanol–water partition coefficient (Wildman–Crippen LogP) is 2.40. The summed E-state index contributed by atoms with van der Waals surface area (Å²) in [4.78, 5) is 11.2. The average molecular weight is 278 g/mol. The van der Waals surface area contributed by atoms with Crippen molar-refractivity contribution in [3.63, 3.8) is 0 Å². The summed E-state index contributed by atoms with van der Waals surface area (Å²) >= 11 is 0. The molecule has 0 bridgehead atoms. The third-order valence-electron chi connectivity index (χ3n) is 4.91. The van der Waals surface area contributed by atoms with Crippen LogP contribution in [0.25, 0.3) is 18.2 Å². The molecule has 0 amide bonds. The lowest BCUT2D eigenvalue weighted by Gasteiger charge is -2.26. The maximum atomic E-state index is 11.2. The summed E-state index contributed by atoms with van der Waals surface area (Å²) in [5.74, 6) is -0.851. The summed E-state index contributed by atoms with van der Waals surface area (Å²) in [6.07, 6.45) is 13.3. The van der Waals surface area contributed by atoms with E-state index < -0.39 is 5.97 Å². The van der Waals surface area contributed by atoms with Crippen LogP contribution >= 0.6 is 0 Å². The summed E-state index contributed by atoms with van der Waals surface area (Å²) in [5.41, 5.74) is 5.40. The molecule has 2 nitrogen and oxygen atoms in total. The lowest BCUT2D eigenvalue weighted by molar-refractivity contribution is -0.142. The standard InChI is InChI=1S/C19H18O2/c20-19(21)15-6-5-14-9-17-7-12-3-1-2-4-13(12)8-18(17)11-16(14)10-15/h2-4,7-8,11,15H,1,5-6,9-10H2,(H,20,21). The Balaban J connectivity index is 1.80. The van der Waals surface area contributed by atoms with Crippen molar-refractivity contribution in [2.24, 2.45) is 5.92 Å². The van der Waals surface area contributed by atoms with Crippen molar-refractivity contribution >= 4 is 24.2 Å². The largest absolute Gasteiger partial charge is 0.481 e. The van der Waals surface area contributed by atoms with Crippen molar-refractivity contribution in [1.29, 1.82) is 0 Å². The van der Waals surface area contributed by atoms with Crippen LogP contribution in [-0.2, 0) is 11.2 Å². The SMILES string of the molecule is O=C(O)C1CCC2=C(C=c3cc4c(cc3C2)=CCC=C4)C1. The first-order valence-electron chi connectivity index (χ1n) is 7.66. The molecule has 0 saturated heterocycles. The van der Waals surface area contributed by atoms with Gasteiger partial charge >= 0.3 is 5.97 Å². The molecule has 3 aliphatic rings. The van der Waals surface area contributed by atoms with Gasteiger partial charge in [-0.15, -0.1) is 0 Å². The van der Waals surface area contributed by atoms with Crippen LogP contribution in [0, 0.1) is 5.92 Å².